The zero-order chi connectivity index (χ0) is 18.6. The van der Waals surface area contributed by atoms with Crippen LogP contribution in [-0.4, -0.2) is 61.8 Å². The number of aliphatic hydroxyl groups is 1. The first-order valence-corrected chi connectivity index (χ1v) is 10.3. The Morgan fingerprint density at radius 2 is 2.08 bits per heavy atom. The zero-order valence-electron chi connectivity index (χ0n) is 14.2. The van der Waals surface area contributed by atoms with Gasteiger partial charge in [-0.15, -0.1) is 0 Å². The Labute approximate surface area is 153 Å². The van der Waals surface area contributed by atoms with Gasteiger partial charge in [0.1, 0.15) is 11.9 Å². The largest absolute Gasteiger partial charge is 0.489 e. The van der Waals surface area contributed by atoms with Crippen molar-refractivity contribution in [2.24, 2.45) is 0 Å². The van der Waals surface area contributed by atoms with E-state index in [9.17, 15) is 13.2 Å². The van der Waals surface area contributed by atoms with Gasteiger partial charge in [0.05, 0.1) is 17.9 Å². The topological polar surface area (TPSA) is 95.9 Å². The van der Waals surface area contributed by atoms with Crippen LogP contribution in [0.2, 0.25) is 5.02 Å². The summed E-state index contributed by atoms with van der Waals surface area (Å²) in [7, 11) is -3.17. The molecule has 1 amide bonds. The first kappa shape index (κ1) is 20.0. The van der Waals surface area contributed by atoms with E-state index in [1.165, 1.54) is 16.6 Å². The molecule has 0 spiro atoms. The van der Waals surface area contributed by atoms with Crippen molar-refractivity contribution < 1.29 is 23.1 Å². The number of piperidine rings is 1. The van der Waals surface area contributed by atoms with Gasteiger partial charge in [0.2, 0.25) is 10.0 Å². The lowest BCUT2D eigenvalue weighted by atomic mass is 10.1. The number of halogens is 1. The molecule has 2 rings (SSSR count). The number of rotatable bonds is 6. The highest BCUT2D eigenvalue weighted by molar-refractivity contribution is 7.88. The fraction of sp³-hybridized carbons (Fsp3) is 0.562. The summed E-state index contributed by atoms with van der Waals surface area (Å²) in [6.07, 6.45) is 2.25. The number of carbonyl (C=O) groups excluding carboxylic acids is 1. The highest BCUT2D eigenvalue weighted by atomic mass is 35.5. The van der Waals surface area contributed by atoms with Gasteiger partial charge in [-0.3, -0.25) is 4.79 Å². The molecule has 25 heavy (non-hydrogen) atoms. The summed E-state index contributed by atoms with van der Waals surface area (Å²) in [5.41, 5.74) is 0.379. The molecule has 7 nitrogen and oxygen atoms in total. The van der Waals surface area contributed by atoms with Crippen molar-refractivity contribution in [3.8, 4) is 5.75 Å². The van der Waals surface area contributed by atoms with E-state index in [2.05, 4.69) is 5.32 Å². The number of nitrogens with zero attached hydrogens (tertiary/aromatic N) is 1. The number of carbonyl (C=O) groups is 1. The van der Waals surface area contributed by atoms with E-state index < -0.39 is 10.0 Å². The van der Waals surface area contributed by atoms with Crippen molar-refractivity contribution in [2.45, 2.75) is 31.9 Å². The Kier molecular flexibility index (Phi) is 6.67. The van der Waals surface area contributed by atoms with Crippen LogP contribution in [0.4, 0.5) is 0 Å². The second kappa shape index (κ2) is 8.35. The molecule has 0 aliphatic carbocycles. The molecular formula is C16H23ClN2O5S. The molecule has 1 atom stereocenters. The number of nitrogens with one attached hydrogen (secondary N) is 1. The lowest BCUT2D eigenvalue weighted by Gasteiger charge is -2.30. The van der Waals surface area contributed by atoms with Gasteiger partial charge in [0, 0.05) is 24.7 Å². The molecular weight excluding hydrogens is 368 g/mol. The van der Waals surface area contributed by atoms with Gasteiger partial charge in [0.25, 0.3) is 5.91 Å². The SMILES string of the molecule is C[C@H](CO)NC(=O)c1ccc(OC2CCN(S(C)(=O)=O)CC2)c(Cl)c1. The summed E-state index contributed by atoms with van der Waals surface area (Å²) in [6.45, 7) is 2.38. The molecule has 2 N–H and O–H groups in total. The van der Waals surface area contributed by atoms with Gasteiger partial charge >= 0.3 is 0 Å². The summed E-state index contributed by atoms with van der Waals surface area (Å²) >= 11 is 6.20. The molecule has 0 aromatic heterocycles. The highest BCUT2D eigenvalue weighted by Crippen LogP contribution is 2.28. The maximum absolute atomic E-state index is 12.0. The van der Waals surface area contributed by atoms with Gasteiger partial charge in [-0.2, -0.15) is 0 Å². The van der Waals surface area contributed by atoms with E-state index in [1.54, 1.807) is 19.1 Å². The highest BCUT2D eigenvalue weighted by Gasteiger charge is 2.26. The number of amides is 1. The molecule has 1 aliphatic rings. The van der Waals surface area contributed by atoms with Crippen LogP contribution in [0, 0.1) is 0 Å². The van der Waals surface area contributed by atoms with Crippen molar-refractivity contribution in [2.75, 3.05) is 26.0 Å². The monoisotopic (exact) mass is 390 g/mol. The molecule has 1 aliphatic heterocycles. The normalized spacial score (nSPS) is 17.9. The molecule has 140 valence electrons. The number of sulfonamides is 1. The predicted molar refractivity (Wildman–Crippen MR) is 95.5 cm³/mol. The summed E-state index contributed by atoms with van der Waals surface area (Å²) in [5.74, 6) is 0.141. The molecule has 9 heteroatoms. The number of hydrogen-bond acceptors (Lipinski definition) is 5. The summed E-state index contributed by atoms with van der Waals surface area (Å²) in [5, 5.41) is 11.9. The lowest BCUT2D eigenvalue weighted by molar-refractivity contribution is 0.0922. The number of benzene rings is 1. The van der Waals surface area contributed by atoms with Crippen LogP contribution in [0.5, 0.6) is 5.75 Å². The maximum Gasteiger partial charge on any atom is 0.251 e. The Morgan fingerprint density at radius 1 is 1.44 bits per heavy atom. The van der Waals surface area contributed by atoms with Crippen LogP contribution in [-0.2, 0) is 10.0 Å². The molecule has 1 aromatic carbocycles. The van der Waals surface area contributed by atoms with E-state index in [0.29, 0.717) is 42.3 Å². The minimum Gasteiger partial charge on any atom is -0.489 e. The third-order valence-corrected chi connectivity index (χ3v) is 5.61. The van der Waals surface area contributed by atoms with Gasteiger partial charge in [-0.1, -0.05) is 11.6 Å². The molecule has 0 unspecified atom stereocenters. The summed E-state index contributed by atoms with van der Waals surface area (Å²) in [6, 6.07) is 4.40. The van der Waals surface area contributed by atoms with Crippen molar-refractivity contribution >= 4 is 27.5 Å². The van der Waals surface area contributed by atoms with Crippen molar-refractivity contribution in [3.05, 3.63) is 28.8 Å². The molecule has 0 radical (unpaired) electrons. The van der Waals surface area contributed by atoms with Crippen LogP contribution in [0.25, 0.3) is 0 Å². The molecule has 0 saturated carbocycles. The quantitative estimate of drug-likeness (QED) is 0.762. The predicted octanol–water partition coefficient (Wildman–Crippen LogP) is 1.25. The van der Waals surface area contributed by atoms with E-state index >= 15 is 0 Å². The van der Waals surface area contributed by atoms with Gasteiger partial charge in [-0.25, -0.2) is 12.7 Å². The first-order chi connectivity index (χ1) is 11.7. The Balaban J connectivity index is 1.97. The van der Waals surface area contributed by atoms with E-state index in [1.807, 2.05) is 0 Å². The number of hydrogen-bond donors (Lipinski definition) is 2. The Hall–Kier alpha value is -1.35. The van der Waals surface area contributed by atoms with Crippen LogP contribution < -0.4 is 10.1 Å². The number of ether oxygens (including phenoxy) is 1. The standard InChI is InChI=1S/C16H23ClN2O5S/c1-11(10-20)18-16(21)12-3-4-15(14(17)9-12)24-13-5-7-19(8-6-13)25(2,22)23/h3-4,9,11,13,20H,5-8,10H2,1-2H3,(H,18,21)/t11-/m1/s1. The van der Waals surface area contributed by atoms with Crippen LogP contribution in [0.15, 0.2) is 18.2 Å². The summed E-state index contributed by atoms with van der Waals surface area (Å²) in [4.78, 5) is 12.0. The Morgan fingerprint density at radius 3 is 2.60 bits per heavy atom. The second-order valence-corrected chi connectivity index (χ2v) is 8.57. The fourth-order valence-corrected chi connectivity index (χ4v) is 3.65. The average Bonchev–Trinajstić information content (AvgIpc) is 2.56. The van der Waals surface area contributed by atoms with Crippen LogP contribution in [0.1, 0.15) is 30.1 Å². The molecule has 1 heterocycles. The molecule has 1 saturated heterocycles. The van der Waals surface area contributed by atoms with Gasteiger partial charge in [-0.05, 0) is 38.0 Å². The smallest absolute Gasteiger partial charge is 0.251 e. The first-order valence-electron chi connectivity index (χ1n) is 8.03. The average molecular weight is 391 g/mol. The van der Waals surface area contributed by atoms with Gasteiger partial charge < -0.3 is 15.2 Å². The summed E-state index contributed by atoms with van der Waals surface area (Å²) < 4.78 is 30.3. The third kappa shape index (κ3) is 5.57. The minimum absolute atomic E-state index is 0.121. The Bertz CT molecular complexity index is 717. The zero-order valence-corrected chi connectivity index (χ0v) is 15.8. The molecule has 0 bridgehead atoms. The lowest BCUT2D eigenvalue weighted by Crippen LogP contribution is -2.41. The van der Waals surface area contributed by atoms with Crippen molar-refractivity contribution in [1.82, 2.24) is 9.62 Å². The fourth-order valence-electron chi connectivity index (χ4n) is 2.55. The second-order valence-electron chi connectivity index (χ2n) is 6.18. The van der Waals surface area contributed by atoms with Crippen LogP contribution >= 0.6 is 11.6 Å². The number of aliphatic hydroxyl groups excluding tert-OH is 1. The van der Waals surface area contributed by atoms with Gasteiger partial charge in [0.15, 0.2) is 0 Å². The van der Waals surface area contributed by atoms with Crippen molar-refractivity contribution in [3.63, 3.8) is 0 Å². The maximum atomic E-state index is 12.0. The van der Waals surface area contributed by atoms with E-state index in [4.69, 9.17) is 21.4 Å². The van der Waals surface area contributed by atoms with Crippen LogP contribution in [0.3, 0.4) is 0 Å². The molecule has 1 aromatic rings. The molecule has 1 fully saturated rings. The van der Waals surface area contributed by atoms with Crippen molar-refractivity contribution in [1.29, 1.82) is 0 Å². The van der Waals surface area contributed by atoms with E-state index in [0.717, 1.165) is 0 Å². The third-order valence-electron chi connectivity index (χ3n) is 4.01. The van der Waals surface area contributed by atoms with E-state index in [-0.39, 0.29) is 24.7 Å². The minimum atomic E-state index is -3.17.